The van der Waals surface area contributed by atoms with Crippen LogP contribution in [-0.4, -0.2) is 21.5 Å². The van der Waals surface area contributed by atoms with Crippen molar-refractivity contribution in [2.75, 3.05) is 4.90 Å². The van der Waals surface area contributed by atoms with Crippen molar-refractivity contribution in [2.45, 2.75) is 32.4 Å². The van der Waals surface area contributed by atoms with Crippen LogP contribution in [0.1, 0.15) is 35.0 Å². The molecular weight excluding hydrogens is 430 g/mol. The first-order valence-electron chi connectivity index (χ1n) is 9.10. The normalized spacial score (nSPS) is 19.4. The summed E-state index contributed by atoms with van der Waals surface area (Å²) in [5.41, 5.74) is 2.33. The zero-order valence-electron chi connectivity index (χ0n) is 15.6. The lowest BCUT2D eigenvalue weighted by atomic mass is 9.87. The number of carbonyl (C=O) groups excluding carboxylic acids is 2. The van der Waals surface area contributed by atoms with Crippen molar-refractivity contribution >= 4 is 52.0 Å². The summed E-state index contributed by atoms with van der Waals surface area (Å²) in [5, 5.41) is 5.83. The molecule has 1 saturated heterocycles. The highest BCUT2D eigenvalue weighted by Gasteiger charge is 2.42. The van der Waals surface area contributed by atoms with Gasteiger partial charge in [-0.05, 0) is 36.9 Å². The third-order valence-electron chi connectivity index (χ3n) is 4.91. The van der Waals surface area contributed by atoms with E-state index >= 15 is 0 Å². The molecule has 0 N–H and O–H groups in total. The number of halogens is 1. The van der Waals surface area contributed by atoms with E-state index in [2.05, 4.69) is 9.59 Å². The van der Waals surface area contributed by atoms with Crippen LogP contribution in [0.4, 0.5) is 5.69 Å². The Morgan fingerprint density at radius 3 is 2.76 bits per heavy atom. The van der Waals surface area contributed by atoms with Crippen molar-refractivity contribution < 1.29 is 14.3 Å². The highest BCUT2D eigenvalue weighted by atomic mass is 35.5. The minimum Gasteiger partial charge on any atom is -0.459 e. The number of benzene rings is 1. The molecule has 1 aliphatic rings. The predicted molar refractivity (Wildman–Crippen MR) is 113 cm³/mol. The van der Waals surface area contributed by atoms with E-state index in [9.17, 15) is 9.59 Å². The molecule has 4 rings (SSSR count). The Morgan fingerprint density at radius 2 is 2.10 bits per heavy atom. The Kier molecular flexibility index (Phi) is 5.94. The maximum Gasteiger partial charge on any atom is 0.311 e. The summed E-state index contributed by atoms with van der Waals surface area (Å²) in [6.45, 7) is 1.97. The van der Waals surface area contributed by atoms with E-state index in [-0.39, 0.29) is 24.9 Å². The van der Waals surface area contributed by atoms with E-state index in [4.69, 9.17) is 16.3 Å². The summed E-state index contributed by atoms with van der Waals surface area (Å²) in [6, 6.07) is 11.2. The Morgan fingerprint density at radius 1 is 1.31 bits per heavy atom. The minimum atomic E-state index is -0.474. The lowest BCUT2D eigenvalue weighted by Gasteiger charge is -2.39. The molecule has 9 heteroatoms. The fraction of sp³-hybridized carbons (Fsp3) is 0.300. The van der Waals surface area contributed by atoms with Crippen molar-refractivity contribution in [1.29, 1.82) is 0 Å². The number of esters is 1. The van der Waals surface area contributed by atoms with Crippen molar-refractivity contribution in [3.8, 4) is 0 Å². The second kappa shape index (κ2) is 8.61. The number of hydrogen-bond donors (Lipinski definition) is 0. The molecule has 0 spiro atoms. The zero-order chi connectivity index (χ0) is 20.4. The van der Waals surface area contributed by atoms with Crippen LogP contribution in [-0.2, 0) is 20.9 Å². The number of aryl methyl sites for hydroxylation is 1. The number of hydrogen-bond acceptors (Lipinski definition) is 7. The highest BCUT2D eigenvalue weighted by Crippen LogP contribution is 2.42. The van der Waals surface area contributed by atoms with Gasteiger partial charge in [-0.3, -0.25) is 9.59 Å². The minimum absolute atomic E-state index is 0.00282. The van der Waals surface area contributed by atoms with Crippen LogP contribution in [0.3, 0.4) is 0 Å². The molecule has 29 heavy (non-hydrogen) atoms. The molecule has 0 saturated carbocycles. The molecule has 1 aromatic carbocycles. The monoisotopic (exact) mass is 447 g/mol. The van der Waals surface area contributed by atoms with Gasteiger partial charge in [0.1, 0.15) is 16.6 Å². The van der Waals surface area contributed by atoms with Gasteiger partial charge in [0.05, 0.1) is 12.0 Å². The molecule has 0 aliphatic carbocycles. The fourth-order valence-corrected chi connectivity index (χ4v) is 4.95. The van der Waals surface area contributed by atoms with Gasteiger partial charge in [-0.2, -0.15) is 0 Å². The van der Waals surface area contributed by atoms with Gasteiger partial charge < -0.3 is 9.64 Å². The summed E-state index contributed by atoms with van der Waals surface area (Å²) >= 11 is 8.59. The van der Waals surface area contributed by atoms with E-state index in [1.807, 2.05) is 48.7 Å². The first kappa shape index (κ1) is 20.0. The molecule has 0 radical (unpaired) electrons. The van der Waals surface area contributed by atoms with Gasteiger partial charge in [0.15, 0.2) is 0 Å². The predicted octanol–water partition coefficient (Wildman–Crippen LogP) is 4.79. The van der Waals surface area contributed by atoms with Crippen molar-refractivity contribution in [1.82, 2.24) is 9.59 Å². The number of amides is 1. The topological polar surface area (TPSA) is 72.4 Å². The molecule has 1 amide bonds. The fourth-order valence-electron chi connectivity index (χ4n) is 3.46. The van der Waals surface area contributed by atoms with Gasteiger partial charge in [0.25, 0.3) is 0 Å². The summed E-state index contributed by atoms with van der Waals surface area (Å²) < 4.78 is 9.68. The summed E-state index contributed by atoms with van der Waals surface area (Å²) in [7, 11) is 0. The van der Waals surface area contributed by atoms with E-state index in [1.165, 1.54) is 11.3 Å². The molecule has 1 aliphatic heterocycles. The Balaban J connectivity index is 1.63. The summed E-state index contributed by atoms with van der Waals surface area (Å²) in [5.74, 6) is -0.835. The third kappa shape index (κ3) is 4.19. The SMILES string of the molecule is Cc1ccc(N2C(=O)CCC(C(=O)OCc3nnsc3Cl)C2c2cccs2)cc1. The number of thiophene rings is 1. The average Bonchev–Trinajstić information content (AvgIpc) is 3.38. The number of rotatable bonds is 5. The van der Waals surface area contributed by atoms with Crippen LogP contribution >= 0.6 is 34.5 Å². The third-order valence-corrected chi connectivity index (χ3v) is 6.83. The first-order chi connectivity index (χ1) is 14.0. The van der Waals surface area contributed by atoms with Crippen molar-refractivity contribution in [3.05, 3.63) is 62.2 Å². The Hall–Kier alpha value is -2.29. The number of carbonyl (C=O) groups is 2. The molecule has 150 valence electrons. The van der Waals surface area contributed by atoms with Crippen molar-refractivity contribution in [2.24, 2.45) is 5.92 Å². The van der Waals surface area contributed by atoms with Crippen LogP contribution < -0.4 is 4.90 Å². The van der Waals surface area contributed by atoms with Gasteiger partial charge in [0.2, 0.25) is 5.91 Å². The maximum absolute atomic E-state index is 13.0. The van der Waals surface area contributed by atoms with Crippen LogP contribution in [0.2, 0.25) is 4.34 Å². The average molecular weight is 448 g/mol. The highest BCUT2D eigenvalue weighted by molar-refractivity contribution is 7.10. The quantitative estimate of drug-likeness (QED) is 0.526. The number of aromatic nitrogens is 2. The standard InChI is InChI=1S/C20H18ClN3O3S2/c1-12-4-6-13(7-5-12)24-17(25)9-8-14(18(24)16-3-2-10-28-16)20(26)27-11-15-19(21)29-23-22-15/h2-7,10,14,18H,8-9,11H2,1H3. The second-order valence-corrected chi connectivity index (χ2v) is 9.14. The van der Waals surface area contributed by atoms with E-state index < -0.39 is 12.0 Å². The van der Waals surface area contributed by atoms with Gasteiger partial charge in [-0.15, -0.1) is 16.4 Å². The number of nitrogens with zero attached hydrogens (tertiary/aromatic N) is 3. The summed E-state index contributed by atoms with van der Waals surface area (Å²) in [6.07, 6.45) is 0.722. The van der Waals surface area contributed by atoms with Crippen LogP contribution in [0, 0.1) is 12.8 Å². The molecule has 6 nitrogen and oxygen atoms in total. The molecule has 2 atom stereocenters. The molecule has 1 fully saturated rings. The van der Waals surface area contributed by atoms with E-state index in [0.717, 1.165) is 27.7 Å². The van der Waals surface area contributed by atoms with Gasteiger partial charge in [0, 0.05) is 28.5 Å². The van der Waals surface area contributed by atoms with Gasteiger partial charge >= 0.3 is 5.97 Å². The summed E-state index contributed by atoms with van der Waals surface area (Å²) in [4.78, 5) is 28.6. The van der Waals surface area contributed by atoms with Gasteiger partial charge in [-0.1, -0.05) is 39.9 Å². The van der Waals surface area contributed by atoms with Crippen LogP contribution in [0.15, 0.2) is 41.8 Å². The lowest BCUT2D eigenvalue weighted by molar-refractivity contribution is -0.152. The van der Waals surface area contributed by atoms with Gasteiger partial charge in [-0.25, -0.2) is 0 Å². The first-order valence-corrected chi connectivity index (χ1v) is 11.1. The molecule has 0 bridgehead atoms. The van der Waals surface area contributed by atoms with E-state index in [0.29, 0.717) is 16.5 Å². The molecule has 3 aromatic rings. The van der Waals surface area contributed by atoms with Crippen molar-refractivity contribution in [3.63, 3.8) is 0 Å². The molecule has 2 unspecified atom stereocenters. The number of anilines is 1. The Bertz CT molecular complexity index is 1000. The van der Waals surface area contributed by atoms with Crippen LogP contribution in [0.5, 0.6) is 0 Å². The number of piperidine rings is 1. The molecule has 3 heterocycles. The lowest BCUT2D eigenvalue weighted by Crippen LogP contribution is -2.45. The molecule has 2 aromatic heterocycles. The number of ether oxygens (including phenoxy) is 1. The maximum atomic E-state index is 13.0. The van der Waals surface area contributed by atoms with Crippen LogP contribution in [0.25, 0.3) is 0 Å². The largest absolute Gasteiger partial charge is 0.459 e. The zero-order valence-corrected chi connectivity index (χ0v) is 18.0. The second-order valence-electron chi connectivity index (χ2n) is 6.81. The van der Waals surface area contributed by atoms with E-state index in [1.54, 1.807) is 4.90 Å². The Labute approximate surface area is 181 Å². The molecular formula is C20H18ClN3O3S2. The smallest absolute Gasteiger partial charge is 0.311 e.